The second-order valence-corrected chi connectivity index (χ2v) is 4.47. The molecule has 1 aliphatic rings. The number of ether oxygens (including phenoxy) is 1. The van der Waals surface area contributed by atoms with Gasteiger partial charge in [-0.25, -0.2) is 0 Å². The molecule has 0 saturated carbocycles. The Morgan fingerprint density at radius 2 is 2.11 bits per heavy atom. The number of aliphatic hydroxyl groups excluding tert-OH is 1. The molecule has 18 heavy (non-hydrogen) atoms. The molecule has 1 aromatic carbocycles. The molecule has 0 spiro atoms. The van der Waals surface area contributed by atoms with E-state index in [2.05, 4.69) is 22.8 Å². The Kier molecular flexibility index (Phi) is 4.63. The van der Waals surface area contributed by atoms with Gasteiger partial charge in [-0.05, 0) is 44.1 Å². The lowest BCUT2D eigenvalue weighted by atomic mass is 10.1. The summed E-state index contributed by atoms with van der Waals surface area (Å²) in [5.74, 6) is 6.52. The molecule has 0 radical (unpaired) electrons. The Morgan fingerprint density at radius 1 is 1.33 bits per heavy atom. The molecule has 0 unspecified atom stereocenters. The maximum atomic E-state index is 8.72. The molecule has 96 valence electrons. The van der Waals surface area contributed by atoms with E-state index in [1.807, 2.05) is 12.1 Å². The summed E-state index contributed by atoms with van der Waals surface area (Å²) in [7, 11) is 1.70. The van der Waals surface area contributed by atoms with Crippen molar-refractivity contribution in [2.45, 2.75) is 19.4 Å². The molecule has 2 rings (SSSR count). The van der Waals surface area contributed by atoms with Crippen molar-refractivity contribution in [1.29, 1.82) is 0 Å². The number of hydrogen-bond donors (Lipinski definition) is 1. The van der Waals surface area contributed by atoms with E-state index >= 15 is 0 Å². The molecule has 1 saturated heterocycles. The minimum atomic E-state index is -0.104. The van der Waals surface area contributed by atoms with Crippen LogP contribution in [0.3, 0.4) is 0 Å². The number of benzene rings is 1. The van der Waals surface area contributed by atoms with Crippen LogP contribution in [0, 0.1) is 11.8 Å². The number of nitrogens with zero attached hydrogens (tertiary/aromatic N) is 1. The number of hydrogen-bond acceptors (Lipinski definition) is 3. The summed E-state index contributed by atoms with van der Waals surface area (Å²) in [6.45, 7) is 3.14. The third-order valence-corrected chi connectivity index (χ3v) is 3.18. The Bertz CT molecular complexity index is 453. The second-order valence-electron chi connectivity index (χ2n) is 4.47. The number of methoxy groups -OCH3 is 1. The van der Waals surface area contributed by atoms with Gasteiger partial charge in [0.25, 0.3) is 0 Å². The Balaban J connectivity index is 2.18. The molecule has 1 aromatic rings. The van der Waals surface area contributed by atoms with E-state index < -0.39 is 0 Å². The smallest absolute Gasteiger partial charge is 0.123 e. The van der Waals surface area contributed by atoms with Crippen LogP contribution in [0.15, 0.2) is 18.2 Å². The fourth-order valence-electron chi connectivity index (χ4n) is 2.30. The predicted octanol–water partition coefficient (Wildman–Crippen LogP) is 1.63. The topological polar surface area (TPSA) is 32.7 Å². The van der Waals surface area contributed by atoms with Gasteiger partial charge in [-0.15, -0.1) is 0 Å². The summed E-state index contributed by atoms with van der Waals surface area (Å²) in [4.78, 5) is 2.43. The number of likely N-dealkylation sites (tertiary alicyclic amines) is 1. The zero-order valence-electron chi connectivity index (χ0n) is 10.8. The van der Waals surface area contributed by atoms with E-state index in [1.165, 1.54) is 18.4 Å². The largest absolute Gasteiger partial charge is 0.496 e. The summed E-state index contributed by atoms with van der Waals surface area (Å²) >= 11 is 0. The van der Waals surface area contributed by atoms with Crippen LogP contribution in [0.1, 0.15) is 24.0 Å². The first-order valence-corrected chi connectivity index (χ1v) is 6.32. The molecular weight excluding hydrogens is 226 g/mol. The number of rotatable bonds is 3. The zero-order valence-corrected chi connectivity index (χ0v) is 10.8. The predicted molar refractivity (Wildman–Crippen MR) is 71.5 cm³/mol. The summed E-state index contributed by atoms with van der Waals surface area (Å²) in [5, 5.41) is 8.72. The molecule has 1 aliphatic heterocycles. The van der Waals surface area contributed by atoms with Gasteiger partial charge < -0.3 is 9.84 Å². The third-order valence-electron chi connectivity index (χ3n) is 3.18. The summed E-state index contributed by atoms with van der Waals surface area (Å²) in [6, 6.07) is 5.93. The van der Waals surface area contributed by atoms with Gasteiger partial charge in [0.05, 0.1) is 7.11 Å². The first-order chi connectivity index (χ1) is 8.83. The van der Waals surface area contributed by atoms with Crippen LogP contribution in [0.25, 0.3) is 0 Å². The normalized spacial score (nSPS) is 15.2. The van der Waals surface area contributed by atoms with E-state index in [0.29, 0.717) is 0 Å². The quantitative estimate of drug-likeness (QED) is 0.822. The molecule has 0 bridgehead atoms. The van der Waals surface area contributed by atoms with Gasteiger partial charge in [0.2, 0.25) is 0 Å². The van der Waals surface area contributed by atoms with Crippen molar-refractivity contribution < 1.29 is 9.84 Å². The van der Waals surface area contributed by atoms with Gasteiger partial charge in [0.15, 0.2) is 0 Å². The summed E-state index contributed by atoms with van der Waals surface area (Å²) in [6.07, 6.45) is 2.57. The van der Waals surface area contributed by atoms with Gasteiger partial charge in [-0.1, -0.05) is 11.8 Å². The van der Waals surface area contributed by atoms with Crippen molar-refractivity contribution in [3.63, 3.8) is 0 Å². The first kappa shape index (κ1) is 12.9. The SMILES string of the molecule is COc1ccc(C#CCO)cc1CN1CCCC1. The lowest BCUT2D eigenvalue weighted by molar-refractivity contribution is 0.321. The molecule has 1 N–H and O–H groups in total. The van der Waals surface area contributed by atoms with Gasteiger partial charge in [-0.3, -0.25) is 4.90 Å². The van der Waals surface area contributed by atoms with Gasteiger partial charge in [0.1, 0.15) is 12.4 Å². The van der Waals surface area contributed by atoms with Crippen molar-refractivity contribution in [1.82, 2.24) is 4.90 Å². The Hall–Kier alpha value is -1.50. The third kappa shape index (κ3) is 3.25. The van der Waals surface area contributed by atoms with E-state index in [0.717, 1.165) is 30.9 Å². The van der Waals surface area contributed by atoms with Crippen LogP contribution in [0.5, 0.6) is 5.75 Å². The summed E-state index contributed by atoms with van der Waals surface area (Å²) in [5.41, 5.74) is 2.10. The molecular formula is C15H19NO2. The molecule has 1 heterocycles. The van der Waals surface area contributed by atoms with Gasteiger partial charge in [-0.2, -0.15) is 0 Å². The maximum Gasteiger partial charge on any atom is 0.123 e. The zero-order chi connectivity index (χ0) is 12.8. The van der Waals surface area contributed by atoms with Crippen LogP contribution in [0.2, 0.25) is 0 Å². The highest BCUT2D eigenvalue weighted by Crippen LogP contribution is 2.23. The molecule has 3 heteroatoms. The Morgan fingerprint density at radius 3 is 2.78 bits per heavy atom. The average molecular weight is 245 g/mol. The lowest BCUT2D eigenvalue weighted by Crippen LogP contribution is -2.18. The first-order valence-electron chi connectivity index (χ1n) is 6.32. The molecule has 3 nitrogen and oxygen atoms in total. The molecule has 1 fully saturated rings. The van der Waals surface area contributed by atoms with Crippen LogP contribution in [-0.2, 0) is 6.54 Å². The van der Waals surface area contributed by atoms with Crippen LogP contribution >= 0.6 is 0 Å². The summed E-state index contributed by atoms with van der Waals surface area (Å²) < 4.78 is 5.39. The van der Waals surface area contributed by atoms with E-state index in [9.17, 15) is 0 Å². The maximum absolute atomic E-state index is 8.72. The standard InChI is InChI=1S/C15H19NO2/c1-18-15-7-6-13(5-4-10-17)11-14(15)12-16-8-2-3-9-16/h6-7,11,17H,2-3,8-10,12H2,1H3. The fourth-order valence-corrected chi connectivity index (χ4v) is 2.30. The van der Waals surface area contributed by atoms with Crippen LogP contribution < -0.4 is 4.74 Å². The van der Waals surface area contributed by atoms with E-state index in [-0.39, 0.29) is 6.61 Å². The van der Waals surface area contributed by atoms with E-state index in [4.69, 9.17) is 9.84 Å². The van der Waals surface area contributed by atoms with Crippen molar-refractivity contribution >= 4 is 0 Å². The van der Waals surface area contributed by atoms with Crippen molar-refractivity contribution in [2.75, 3.05) is 26.8 Å². The van der Waals surface area contributed by atoms with Crippen LogP contribution in [0.4, 0.5) is 0 Å². The highest BCUT2D eigenvalue weighted by atomic mass is 16.5. The fraction of sp³-hybridized carbons (Fsp3) is 0.467. The van der Waals surface area contributed by atoms with Gasteiger partial charge in [0, 0.05) is 17.7 Å². The second kappa shape index (κ2) is 6.44. The van der Waals surface area contributed by atoms with Gasteiger partial charge >= 0.3 is 0 Å². The molecule has 0 aliphatic carbocycles. The minimum Gasteiger partial charge on any atom is -0.496 e. The van der Waals surface area contributed by atoms with Crippen molar-refractivity contribution in [3.8, 4) is 17.6 Å². The molecule has 0 aromatic heterocycles. The lowest BCUT2D eigenvalue weighted by Gasteiger charge is -2.17. The van der Waals surface area contributed by atoms with Crippen molar-refractivity contribution in [3.05, 3.63) is 29.3 Å². The van der Waals surface area contributed by atoms with E-state index in [1.54, 1.807) is 7.11 Å². The number of aliphatic hydroxyl groups is 1. The van der Waals surface area contributed by atoms with Crippen LogP contribution in [-0.4, -0.2) is 36.8 Å². The molecule has 0 atom stereocenters. The average Bonchev–Trinajstić information content (AvgIpc) is 2.89. The van der Waals surface area contributed by atoms with Crippen molar-refractivity contribution in [2.24, 2.45) is 0 Å². The Labute approximate surface area is 108 Å². The minimum absolute atomic E-state index is 0.104. The highest BCUT2D eigenvalue weighted by Gasteiger charge is 2.14. The monoisotopic (exact) mass is 245 g/mol. The highest BCUT2D eigenvalue weighted by molar-refractivity contribution is 5.44. The molecule has 0 amide bonds.